The molecule has 5 heteroatoms. The lowest BCUT2D eigenvalue weighted by Crippen LogP contribution is -2.31. The third-order valence-corrected chi connectivity index (χ3v) is 4.62. The number of rotatable bonds is 7. The second kappa shape index (κ2) is 9.04. The molecule has 5 nitrogen and oxygen atoms in total. The number of amides is 2. The molecule has 0 spiro atoms. The average molecular weight is 375 g/mol. The number of fused-ring (bicyclic) bond motifs is 1. The molecule has 0 aliphatic rings. The molecule has 3 aromatic rings. The van der Waals surface area contributed by atoms with E-state index >= 15 is 0 Å². The number of hydrogen-bond acceptors (Lipinski definition) is 3. The Kier molecular flexibility index (Phi) is 6.27. The predicted molar refractivity (Wildman–Crippen MR) is 115 cm³/mol. The Balaban J connectivity index is 1.53. The molecule has 0 radical (unpaired) electrons. The molecular weight excluding hydrogens is 350 g/mol. The van der Waals surface area contributed by atoms with Crippen LogP contribution in [0.25, 0.3) is 10.8 Å². The molecule has 1 atom stereocenters. The van der Waals surface area contributed by atoms with E-state index in [2.05, 4.69) is 22.0 Å². The molecule has 0 aromatic heterocycles. The van der Waals surface area contributed by atoms with Crippen LogP contribution in [0.3, 0.4) is 0 Å². The number of benzene rings is 3. The summed E-state index contributed by atoms with van der Waals surface area (Å²) < 4.78 is 0. The van der Waals surface area contributed by atoms with Crippen molar-refractivity contribution in [1.82, 2.24) is 5.32 Å². The zero-order chi connectivity index (χ0) is 19.9. The SMILES string of the molecule is CCC(C)NC(=O)c1ccc(NC(=O)CNc2ccc3ccccc3c2)cc1. The summed E-state index contributed by atoms with van der Waals surface area (Å²) in [6.45, 7) is 4.15. The van der Waals surface area contributed by atoms with Crippen molar-refractivity contribution in [3.63, 3.8) is 0 Å². The highest BCUT2D eigenvalue weighted by Crippen LogP contribution is 2.18. The molecule has 0 bridgehead atoms. The molecule has 3 rings (SSSR count). The minimum absolute atomic E-state index is 0.106. The van der Waals surface area contributed by atoms with Crippen LogP contribution < -0.4 is 16.0 Å². The van der Waals surface area contributed by atoms with Gasteiger partial charge in [-0.2, -0.15) is 0 Å². The Hall–Kier alpha value is -3.34. The summed E-state index contributed by atoms with van der Waals surface area (Å²) in [5.41, 5.74) is 2.13. The van der Waals surface area contributed by atoms with Crippen LogP contribution in [0.15, 0.2) is 66.7 Å². The van der Waals surface area contributed by atoms with Crippen LogP contribution in [-0.2, 0) is 4.79 Å². The number of carbonyl (C=O) groups excluding carboxylic acids is 2. The van der Waals surface area contributed by atoms with E-state index in [4.69, 9.17) is 0 Å². The summed E-state index contributed by atoms with van der Waals surface area (Å²) in [5.74, 6) is -0.254. The van der Waals surface area contributed by atoms with Gasteiger partial charge in [-0.3, -0.25) is 9.59 Å². The van der Waals surface area contributed by atoms with Crippen LogP contribution in [-0.4, -0.2) is 24.4 Å². The number of nitrogens with one attached hydrogen (secondary N) is 3. The van der Waals surface area contributed by atoms with E-state index in [0.29, 0.717) is 11.3 Å². The van der Waals surface area contributed by atoms with Gasteiger partial charge in [0.25, 0.3) is 5.91 Å². The van der Waals surface area contributed by atoms with Gasteiger partial charge < -0.3 is 16.0 Å². The van der Waals surface area contributed by atoms with Gasteiger partial charge in [-0.25, -0.2) is 0 Å². The molecule has 28 heavy (non-hydrogen) atoms. The summed E-state index contributed by atoms with van der Waals surface area (Å²) in [4.78, 5) is 24.3. The molecule has 0 saturated heterocycles. The lowest BCUT2D eigenvalue weighted by Gasteiger charge is -2.12. The minimum Gasteiger partial charge on any atom is -0.376 e. The highest BCUT2D eigenvalue weighted by molar-refractivity contribution is 5.97. The molecule has 2 amide bonds. The predicted octanol–water partition coefficient (Wildman–Crippen LogP) is 4.42. The van der Waals surface area contributed by atoms with Gasteiger partial charge in [-0.05, 0) is 60.5 Å². The van der Waals surface area contributed by atoms with Crippen LogP contribution in [0.4, 0.5) is 11.4 Å². The molecule has 0 saturated carbocycles. The number of carbonyl (C=O) groups is 2. The van der Waals surface area contributed by atoms with E-state index in [-0.39, 0.29) is 24.4 Å². The molecule has 1 unspecified atom stereocenters. The van der Waals surface area contributed by atoms with Gasteiger partial charge in [0.15, 0.2) is 0 Å². The fourth-order valence-corrected chi connectivity index (χ4v) is 2.80. The normalized spacial score (nSPS) is 11.6. The van der Waals surface area contributed by atoms with E-state index in [1.165, 1.54) is 0 Å². The third kappa shape index (κ3) is 5.10. The van der Waals surface area contributed by atoms with Crippen molar-refractivity contribution in [3.8, 4) is 0 Å². The first-order chi connectivity index (χ1) is 13.5. The highest BCUT2D eigenvalue weighted by atomic mass is 16.2. The van der Waals surface area contributed by atoms with Gasteiger partial charge in [0.1, 0.15) is 0 Å². The number of hydrogen-bond donors (Lipinski definition) is 3. The van der Waals surface area contributed by atoms with Crippen molar-refractivity contribution in [2.75, 3.05) is 17.2 Å². The lowest BCUT2D eigenvalue weighted by atomic mass is 10.1. The lowest BCUT2D eigenvalue weighted by molar-refractivity contribution is -0.114. The van der Waals surface area contributed by atoms with Crippen LogP contribution in [0.1, 0.15) is 30.6 Å². The first kappa shape index (κ1) is 19.4. The first-order valence-corrected chi connectivity index (χ1v) is 9.48. The van der Waals surface area contributed by atoms with Crippen LogP contribution in [0.5, 0.6) is 0 Å². The van der Waals surface area contributed by atoms with E-state index < -0.39 is 0 Å². The van der Waals surface area contributed by atoms with Crippen LogP contribution in [0, 0.1) is 0 Å². The summed E-state index contributed by atoms with van der Waals surface area (Å²) >= 11 is 0. The largest absolute Gasteiger partial charge is 0.376 e. The first-order valence-electron chi connectivity index (χ1n) is 9.48. The van der Waals surface area contributed by atoms with Gasteiger partial charge in [0, 0.05) is 23.0 Å². The summed E-state index contributed by atoms with van der Waals surface area (Å²) in [7, 11) is 0. The molecule has 3 aromatic carbocycles. The molecule has 0 aliphatic carbocycles. The van der Waals surface area contributed by atoms with E-state index in [1.807, 2.05) is 50.2 Å². The Morgan fingerprint density at radius 2 is 1.57 bits per heavy atom. The molecular formula is C23H25N3O2. The Morgan fingerprint density at radius 3 is 2.29 bits per heavy atom. The van der Waals surface area contributed by atoms with Gasteiger partial charge in [0.05, 0.1) is 6.54 Å². The molecule has 0 heterocycles. The fraction of sp³-hybridized carbons (Fsp3) is 0.217. The van der Waals surface area contributed by atoms with Crippen molar-refractivity contribution >= 4 is 34.0 Å². The zero-order valence-corrected chi connectivity index (χ0v) is 16.2. The van der Waals surface area contributed by atoms with E-state index in [1.54, 1.807) is 24.3 Å². The minimum atomic E-state index is -0.148. The Morgan fingerprint density at radius 1 is 0.893 bits per heavy atom. The van der Waals surface area contributed by atoms with E-state index in [9.17, 15) is 9.59 Å². The van der Waals surface area contributed by atoms with Crippen molar-refractivity contribution < 1.29 is 9.59 Å². The van der Waals surface area contributed by atoms with Crippen molar-refractivity contribution in [3.05, 3.63) is 72.3 Å². The second-order valence-electron chi connectivity index (χ2n) is 6.82. The molecule has 3 N–H and O–H groups in total. The van der Waals surface area contributed by atoms with Crippen LogP contribution >= 0.6 is 0 Å². The molecule has 144 valence electrons. The zero-order valence-electron chi connectivity index (χ0n) is 16.2. The van der Waals surface area contributed by atoms with Gasteiger partial charge in [0.2, 0.25) is 5.91 Å². The Labute approximate surface area is 165 Å². The average Bonchev–Trinajstić information content (AvgIpc) is 2.72. The third-order valence-electron chi connectivity index (χ3n) is 4.62. The summed E-state index contributed by atoms with van der Waals surface area (Å²) in [6.07, 6.45) is 0.879. The molecule has 0 fully saturated rings. The summed E-state index contributed by atoms with van der Waals surface area (Å²) in [6, 6.07) is 21.1. The summed E-state index contributed by atoms with van der Waals surface area (Å²) in [5, 5.41) is 11.2. The smallest absolute Gasteiger partial charge is 0.251 e. The molecule has 0 aliphatic heterocycles. The van der Waals surface area contributed by atoms with Gasteiger partial charge in [-0.15, -0.1) is 0 Å². The standard InChI is InChI=1S/C23H25N3O2/c1-3-16(2)25-23(28)18-9-11-20(12-10-18)26-22(27)15-24-21-13-8-17-6-4-5-7-19(17)14-21/h4-14,16,24H,3,15H2,1-2H3,(H,25,28)(H,26,27). The van der Waals surface area contributed by atoms with Gasteiger partial charge in [-0.1, -0.05) is 37.3 Å². The maximum atomic E-state index is 12.2. The van der Waals surface area contributed by atoms with E-state index in [0.717, 1.165) is 22.9 Å². The maximum Gasteiger partial charge on any atom is 0.251 e. The van der Waals surface area contributed by atoms with Crippen molar-refractivity contribution in [2.24, 2.45) is 0 Å². The topological polar surface area (TPSA) is 70.2 Å². The second-order valence-corrected chi connectivity index (χ2v) is 6.82. The number of anilines is 2. The fourth-order valence-electron chi connectivity index (χ4n) is 2.80. The monoisotopic (exact) mass is 375 g/mol. The van der Waals surface area contributed by atoms with Crippen molar-refractivity contribution in [2.45, 2.75) is 26.3 Å². The quantitative estimate of drug-likeness (QED) is 0.572. The van der Waals surface area contributed by atoms with Crippen LogP contribution in [0.2, 0.25) is 0 Å². The highest BCUT2D eigenvalue weighted by Gasteiger charge is 2.09. The maximum absolute atomic E-state index is 12.2. The van der Waals surface area contributed by atoms with Crippen molar-refractivity contribution in [1.29, 1.82) is 0 Å². The Bertz CT molecular complexity index is 967. The van der Waals surface area contributed by atoms with Gasteiger partial charge >= 0.3 is 0 Å².